The highest BCUT2D eigenvalue weighted by atomic mass is 35.5. The Hall–Kier alpha value is -1.80. The standard InChI is InChI=1S/C22H26Cl2N2O4S/c1-4-6-9-30-19-15(23)10-13(11-16(19)24)20(27)25-21-18(22(28)29-5-2)14-7-8-26(3)12-17(14)31-21/h10-11H,4-9,12H2,1-3H3,(H,25,27). The topological polar surface area (TPSA) is 67.9 Å². The zero-order valence-corrected chi connectivity index (χ0v) is 20.2. The molecule has 0 atom stereocenters. The minimum absolute atomic E-state index is 0.265. The molecule has 2 aromatic rings. The zero-order valence-electron chi connectivity index (χ0n) is 17.8. The van der Waals surface area contributed by atoms with Gasteiger partial charge in [0.05, 0.1) is 28.8 Å². The molecule has 6 nitrogen and oxygen atoms in total. The Labute approximate surface area is 196 Å². The fraction of sp³-hybridized carbons (Fsp3) is 0.455. The number of carbonyl (C=O) groups excluding carboxylic acids is 2. The van der Waals surface area contributed by atoms with Gasteiger partial charge >= 0.3 is 5.97 Å². The van der Waals surface area contributed by atoms with Crippen molar-refractivity contribution in [2.24, 2.45) is 0 Å². The van der Waals surface area contributed by atoms with Crippen LogP contribution in [0, 0.1) is 0 Å². The molecule has 1 aliphatic rings. The maximum atomic E-state index is 13.0. The molecule has 0 aliphatic carbocycles. The highest BCUT2D eigenvalue weighted by molar-refractivity contribution is 7.17. The van der Waals surface area contributed by atoms with E-state index in [9.17, 15) is 9.59 Å². The number of halogens is 2. The van der Waals surface area contributed by atoms with E-state index in [0.717, 1.165) is 42.8 Å². The Bertz CT molecular complexity index is 954. The molecule has 0 saturated carbocycles. The molecule has 1 aliphatic heterocycles. The second-order valence-electron chi connectivity index (χ2n) is 7.34. The van der Waals surface area contributed by atoms with Crippen LogP contribution in [0.5, 0.6) is 5.75 Å². The van der Waals surface area contributed by atoms with Gasteiger partial charge in [-0.2, -0.15) is 0 Å². The summed E-state index contributed by atoms with van der Waals surface area (Å²) in [5.74, 6) is -0.452. The number of amides is 1. The largest absolute Gasteiger partial charge is 0.490 e. The lowest BCUT2D eigenvalue weighted by Gasteiger charge is -2.22. The number of rotatable bonds is 8. The van der Waals surface area contributed by atoms with E-state index in [1.807, 2.05) is 7.05 Å². The normalized spacial score (nSPS) is 13.6. The van der Waals surface area contributed by atoms with Crippen LogP contribution in [-0.4, -0.2) is 43.6 Å². The average molecular weight is 485 g/mol. The summed E-state index contributed by atoms with van der Waals surface area (Å²) in [4.78, 5) is 28.8. The maximum Gasteiger partial charge on any atom is 0.341 e. The molecular weight excluding hydrogens is 459 g/mol. The van der Waals surface area contributed by atoms with Gasteiger partial charge in [-0.1, -0.05) is 36.5 Å². The van der Waals surface area contributed by atoms with Crippen molar-refractivity contribution in [2.75, 3.05) is 32.1 Å². The van der Waals surface area contributed by atoms with Crippen molar-refractivity contribution in [3.05, 3.63) is 43.7 Å². The van der Waals surface area contributed by atoms with E-state index < -0.39 is 11.9 Å². The number of hydrogen-bond donors (Lipinski definition) is 1. The van der Waals surface area contributed by atoms with Crippen LogP contribution in [0.15, 0.2) is 12.1 Å². The minimum Gasteiger partial charge on any atom is -0.490 e. The van der Waals surface area contributed by atoms with Crippen LogP contribution in [0.2, 0.25) is 10.0 Å². The second kappa shape index (κ2) is 10.7. The molecule has 0 unspecified atom stereocenters. The van der Waals surface area contributed by atoms with E-state index in [-0.39, 0.29) is 22.2 Å². The molecule has 1 aromatic heterocycles. The van der Waals surface area contributed by atoms with Crippen molar-refractivity contribution in [1.82, 2.24) is 4.90 Å². The molecule has 3 rings (SSSR count). The van der Waals surface area contributed by atoms with Crippen LogP contribution in [0.3, 0.4) is 0 Å². The average Bonchev–Trinajstić information content (AvgIpc) is 3.06. The fourth-order valence-electron chi connectivity index (χ4n) is 3.36. The summed E-state index contributed by atoms with van der Waals surface area (Å²) in [6, 6.07) is 3.05. The number of nitrogens with zero attached hydrogens (tertiary/aromatic N) is 1. The van der Waals surface area contributed by atoms with Crippen LogP contribution in [0.25, 0.3) is 0 Å². The van der Waals surface area contributed by atoms with E-state index in [0.29, 0.717) is 22.9 Å². The third-order valence-electron chi connectivity index (χ3n) is 4.96. The molecule has 0 bridgehead atoms. The predicted molar refractivity (Wildman–Crippen MR) is 125 cm³/mol. The number of carbonyl (C=O) groups is 2. The van der Waals surface area contributed by atoms with Crippen LogP contribution in [-0.2, 0) is 17.7 Å². The molecule has 0 saturated heterocycles. The van der Waals surface area contributed by atoms with Crippen LogP contribution >= 0.6 is 34.5 Å². The summed E-state index contributed by atoms with van der Waals surface area (Å²) in [6.07, 6.45) is 2.59. The fourth-order valence-corrected chi connectivity index (χ4v) is 5.27. The van der Waals surface area contributed by atoms with E-state index in [2.05, 4.69) is 17.1 Å². The number of nitrogens with one attached hydrogen (secondary N) is 1. The van der Waals surface area contributed by atoms with Crippen molar-refractivity contribution < 1.29 is 19.1 Å². The lowest BCUT2D eigenvalue weighted by atomic mass is 10.0. The molecule has 9 heteroatoms. The number of ether oxygens (including phenoxy) is 2. The van der Waals surface area contributed by atoms with Crippen molar-refractivity contribution in [2.45, 2.75) is 39.7 Å². The highest BCUT2D eigenvalue weighted by Gasteiger charge is 2.29. The summed E-state index contributed by atoms with van der Waals surface area (Å²) in [6.45, 7) is 6.15. The summed E-state index contributed by atoms with van der Waals surface area (Å²) in [5, 5.41) is 3.89. The molecule has 1 aromatic carbocycles. The Morgan fingerprint density at radius 2 is 1.94 bits per heavy atom. The first-order chi connectivity index (χ1) is 14.8. The number of hydrogen-bond acceptors (Lipinski definition) is 6. The lowest BCUT2D eigenvalue weighted by Crippen LogP contribution is -2.26. The van der Waals surface area contributed by atoms with Gasteiger partial charge in [-0.3, -0.25) is 4.79 Å². The number of fused-ring (bicyclic) bond motifs is 1. The third-order valence-corrected chi connectivity index (χ3v) is 6.65. The minimum atomic E-state index is -0.421. The lowest BCUT2D eigenvalue weighted by molar-refractivity contribution is 0.0526. The highest BCUT2D eigenvalue weighted by Crippen LogP contribution is 2.39. The van der Waals surface area contributed by atoms with E-state index >= 15 is 0 Å². The van der Waals surface area contributed by atoms with Gasteiger partial charge in [0.2, 0.25) is 0 Å². The van der Waals surface area contributed by atoms with Gasteiger partial charge in [-0.25, -0.2) is 4.79 Å². The van der Waals surface area contributed by atoms with Crippen LogP contribution in [0.4, 0.5) is 5.00 Å². The first-order valence-corrected chi connectivity index (χ1v) is 11.9. The number of anilines is 1. The predicted octanol–water partition coefficient (Wildman–Crippen LogP) is 5.65. The van der Waals surface area contributed by atoms with Crippen LogP contribution < -0.4 is 10.1 Å². The van der Waals surface area contributed by atoms with Gasteiger partial charge in [-0.15, -0.1) is 11.3 Å². The first-order valence-electron chi connectivity index (χ1n) is 10.3. The van der Waals surface area contributed by atoms with Crippen LogP contribution in [0.1, 0.15) is 57.8 Å². The number of unbranched alkanes of at least 4 members (excludes halogenated alkanes) is 1. The number of thiophene rings is 1. The van der Waals surface area contributed by atoms with E-state index in [1.54, 1.807) is 6.92 Å². The zero-order chi connectivity index (χ0) is 22.5. The molecule has 0 spiro atoms. The molecule has 0 fully saturated rings. The maximum absolute atomic E-state index is 13.0. The Balaban J connectivity index is 1.87. The first kappa shape index (κ1) is 23.9. The number of likely N-dealkylation sites (N-methyl/N-ethyl adjacent to an activating group) is 1. The van der Waals surface area contributed by atoms with Crippen molar-refractivity contribution in [1.29, 1.82) is 0 Å². The van der Waals surface area contributed by atoms with Gasteiger partial charge in [-0.05, 0) is 44.5 Å². The summed E-state index contributed by atoms with van der Waals surface area (Å²) in [5.41, 5.74) is 1.68. The molecule has 1 amide bonds. The van der Waals surface area contributed by atoms with Gasteiger partial charge in [0.25, 0.3) is 5.91 Å². The summed E-state index contributed by atoms with van der Waals surface area (Å²) < 4.78 is 10.9. The third kappa shape index (κ3) is 5.52. The Morgan fingerprint density at radius 1 is 1.23 bits per heavy atom. The Kier molecular flexibility index (Phi) is 8.22. The van der Waals surface area contributed by atoms with Gasteiger partial charge < -0.3 is 19.7 Å². The van der Waals surface area contributed by atoms with Crippen molar-refractivity contribution in [3.8, 4) is 5.75 Å². The summed E-state index contributed by atoms with van der Waals surface area (Å²) >= 11 is 14.0. The Morgan fingerprint density at radius 3 is 2.58 bits per heavy atom. The van der Waals surface area contributed by atoms with Crippen molar-refractivity contribution in [3.63, 3.8) is 0 Å². The smallest absolute Gasteiger partial charge is 0.341 e. The van der Waals surface area contributed by atoms with E-state index in [4.69, 9.17) is 32.7 Å². The summed E-state index contributed by atoms with van der Waals surface area (Å²) in [7, 11) is 2.03. The van der Waals surface area contributed by atoms with Gasteiger partial charge in [0.15, 0.2) is 5.75 Å². The molecular formula is C22H26Cl2N2O4S. The molecule has 0 radical (unpaired) electrons. The van der Waals surface area contributed by atoms with E-state index in [1.165, 1.54) is 23.5 Å². The molecule has 2 heterocycles. The van der Waals surface area contributed by atoms with Crippen molar-refractivity contribution >= 4 is 51.4 Å². The number of esters is 1. The second-order valence-corrected chi connectivity index (χ2v) is 9.26. The van der Waals surface area contributed by atoms with Gasteiger partial charge in [0, 0.05) is 23.5 Å². The van der Waals surface area contributed by atoms with Gasteiger partial charge in [0.1, 0.15) is 5.00 Å². The SMILES string of the molecule is CCCCOc1c(Cl)cc(C(=O)Nc2sc3c(c2C(=O)OCC)CCN(C)C3)cc1Cl. The molecule has 1 N–H and O–H groups in total. The monoisotopic (exact) mass is 484 g/mol. The quantitative estimate of drug-likeness (QED) is 0.387. The number of benzene rings is 1. The molecule has 31 heavy (non-hydrogen) atoms. The molecule has 168 valence electrons.